The van der Waals surface area contributed by atoms with Crippen LogP contribution in [0.3, 0.4) is 0 Å². The molecule has 0 aromatic heterocycles. The van der Waals surface area contributed by atoms with E-state index in [0.29, 0.717) is 67.6 Å². The fraction of sp³-hybridized carbons (Fsp3) is 0.344. The molecule has 43 heavy (non-hydrogen) atoms. The van der Waals surface area contributed by atoms with Gasteiger partial charge < -0.3 is 35.5 Å². The van der Waals surface area contributed by atoms with Gasteiger partial charge in [0.2, 0.25) is 5.91 Å². The quantitative estimate of drug-likeness (QED) is 0.198. The third-order valence-electron chi connectivity index (χ3n) is 6.44. The second-order valence-corrected chi connectivity index (χ2v) is 9.59. The summed E-state index contributed by atoms with van der Waals surface area (Å²) in [7, 11) is 3.19. The van der Waals surface area contributed by atoms with Crippen LogP contribution < -0.4 is 30.7 Å². The first kappa shape index (κ1) is 35.1. The molecule has 0 unspecified atom stereocenters. The maximum absolute atomic E-state index is 13.5. The summed E-state index contributed by atoms with van der Waals surface area (Å²) in [4.78, 5) is 39.1. The molecule has 3 amide bonds. The minimum atomic E-state index is -0.364. The SMILES string of the molecule is COc1cc(C(=O)N(C)c2ccccc2COCCCCNC(C)=O)ccc1NC(=O)c1ccccc1OCCCN.Cl. The Labute approximate surface area is 259 Å². The van der Waals surface area contributed by atoms with Crippen LogP contribution in [0.2, 0.25) is 0 Å². The summed E-state index contributed by atoms with van der Waals surface area (Å²) in [6, 6.07) is 19.4. The van der Waals surface area contributed by atoms with Crippen molar-refractivity contribution in [3.8, 4) is 11.5 Å². The Morgan fingerprint density at radius 2 is 1.65 bits per heavy atom. The number of amides is 3. The standard InChI is InChI=1S/C32H40N4O6.ClH/c1-23(37)34-18-8-9-19-41-22-25-11-4-6-13-28(25)36(2)32(39)24-15-16-27(30(21-24)40-3)35-31(38)26-12-5-7-14-29(26)42-20-10-17-33;/h4-7,11-16,21H,8-10,17-20,22,33H2,1-3H3,(H,34,37)(H,35,38);1H. The monoisotopic (exact) mass is 612 g/mol. The molecule has 4 N–H and O–H groups in total. The Balaban J connectivity index is 0.00000645. The van der Waals surface area contributed by atoms with Gasteiger partial charge in [-0.3, -0.25) is 14.4 Å². The normalized spacial score (nSPS) is 10.3. The molecule has 0 saturated carbocycles. The van der Waals surface area contributed by atoms with Crippen molar-refractivity contribution >= 4 is 41.5 Å². The molecule has 3 aromatic carbocycles. The van der Waals surface area contributed by atoms with Crippen molar-refractivity contribution in [1.82, 2.24) is 5.32 Å². The highest BCUT2D eigenvalue weighted by atomic mass is 35.5. The minimum Gasteiger partial charge on any atom is -0.495 e. The Bertz CT molecular complexity index is 1350. The Morgan fingerprint density at radius 3 is 2.40 bits per heavy atom. The molecule has 3 aromatic rings. The fourth-order valence-corrected chi connectivity index (χ4v) is 4.20. The molecular formula is C32H41ClN4O6. The molecule has 0 aliphatic rings. The highest BCUT2D eigenvalue weighted by Gasteiger charge is 2.20. The highest BCUT2D eigenvalue weighted by molar-refractivity contribution is 6.09. The zero-order valence-electron chi connectivity index (χ0n) is 24.9. The Morgan fingerprint density at radius 1 is 0.907 bits per heavy atom. The van der Waals surface area contributed by atoms with E-state index in [-0.39, 0.29) is 30.1 Å². The van der Waals surface area contributed by atoms with Crippen molar-refractivity contribution in [3.63, 3.8) is 0 Å². The number of nitrogens with zero attached hydrogens (tertiary/aromatic N) is 1. The summed E-state index contributed by atoms with van der Waals surface area (Å²) >= 11 is 0. The lowest BCUT2D eigenvalue weighted by molar-refractivity contribution is -0.118. The van der Waals surface area contributed by atoms with Gasteiger partial charge in [0, 0.05) is 43.9 Å². The van der Waals surface area contributed by atoms with Crippen LogP contribution in [-0.2, 0) is 16.1 Å². The number of carbonyl (C=O) groups is 3. The van der Waals surface area contributed by atoms with Crippen molar-refractivity contribution in [2.24, 2.45) is 5.73 Å². The predicted octanol–water partition coefficient (Wildman–Crippen LogP) is 4.81. The van der Waals surface area contributed by atoms with E-state index in [1.165, 1.54) is 14.0 Å². The zero-order valence-corrected chi connectivity index (χ0v) is 25.7. The van der Waals surface area contributed by atoms with Crippen LogP contribution >= 0.6 is 12.4 Å². The first-order valence-corrected chi connectivity index (χ1v) is 13.9. The van der Waals surface area contributed by atoms with Gasteiger partial charge in [-0.15, -0.1) is 12.4 Å². The molecule has 0 radical (unpaired) electrons. The molecule has 232 valence electrons. The van der Waals surface area contributed by atoms with Crippen LogP contribution in [0.5, 0.6) is 11.5 Å². The van der Waals surface area contributed by atoms with E-state index in [0.717, 1.165) is 24.1 Å². The van der Waals surface area contributed by atoms with E-state index in [2.05, 4.69) is 10.6 Å². The Kier molecular flexibility index (Phi) is 15.0. The average Bonchev–Trinajstić information content (AvgIpc) is 3.00. The molecule has 3 rings (SSSR count). The first-order valence-electron chi connectivity index (χ1n) is 13.9. The molecule has 0 heterocycles. The van der Waals surface area contributed by atoms with Crippen LogP contribution in [0.4, 0.5) is 11.4 Å². The smallest absolute Gasteiger partial charge is 0.259 e. The van der Waals surface area contributed by atoms with Crippen LogP contribution in [0.15, 0.2) is 66.7 Å². The second kappa shape index (κ2) is 18.4. The Hall–Kier alpha value is -4.12. The summed E-state index contributed by atoms with van der Waals surface area (Å²) in [6.07, 6.45) is 2.31. The topological polar surface area (TPSA) is 132 Å². The molecule has 0 bridgehead atoms. The highest BCUT2D eigenvalue weighted by Crippen LogP contribution is 2.29. The predicted molar refractivity (Wildman–Crippen MR) is 171 cm³/mol. The van der Waals surface area contributed by atoms with E-state index in [1.54, 1.807) is 54.4 Å². The van der Waals surface area contributed by atoms with E-state index in [1.807, 2.05) is 24.3 Å². The number of nitrogens with two attached hydrogens (primary N) is 1. The maximum atomic E-state index is 13.5. The van der Waals surface area contributed by atoms with Crippen molar-refractivity contribution < 1.29 is 28.6 Å². The molecule has 0 spiro atoms. The third kappa shape index (κ3) is 10.6. The van der Waals surface area contributed by atoms with Crippen molar-refractivity contribution in [3.05, 3.63) is 83.4 Å². The molecular weight excluding hydrogens is 572 g/mol. The van der Waals surface area contributed by atoms with Crippen molar-refractivity contribution in [2.75, 3.05) is 50.7 Å². The molecule has 0 aliphatic carbocycles. The minimum absolute atomic E-state index is 0. The van der Waals surface area contributed by atoms with Gasteiger partial charge in [-0.2, -0.15) is 0 Å². The number of carbonyl (C=O) groups excluding carboxylic acids is 3. The molecule has 11 heteroatoms. The van der Waals surface area contributed by atoms with Gasteiger partial charge in [-0.05, 0) is 62.2 Å². The van der Waals surface area contributed by atoms with E-state index in [4.69, 9.17) is 19.9 Å². The van der Waals surface area contributed by atoms with Gasteiger partial charge in [0.15, 0.2) is 0 Å². The number of hydrogen-bond donors (Lipinski definition) is 3. The number of hydrogen-bond acceptors (Lipinski definition) is 7. The van der Waals surface area contributed by atoms with E-state index >= 15 is 0 Å². The van der Waals surface area contributed by atoms with E-state index < -0.39 is 0 Å². The maximum Gasteiger partial charge on any atom is 0.259 e. The van der Waals surface area contributed by atoms with Crippen molar-refractivity contribution in [1.29, 1.82) is 0 Å². The number of benzene rings is 3. The van der Waals surface area contributed by atoms with Crippen LogP contribution in [0.25, 0.3) is 0 Å². The van der Waals surface area contributed by atoms with Gasteiger partial charge >= 0.3 is 0 Å². The van der Waals surface area contributed by atoms with Crippen molar-refractivity contribution in [2.45, 2.75) is 32.8 Å². The second-order valence-electron chi connectivity index (χ2n) is 9.59. The molecule has 10 nitrogen and oxygen atoms in total. The average molecular weight is 613 g/mol. The summed E-state index contributed by atoms with van der Waals surface area (Å²) < 4.78 is 17.1. The molecule has 0 atom stereocenters. The number of methoxy groups -OCH3 is 1. The molecule has 0 aliphatic heterocycles. The number of para-hydroxylation sites is 2. The molecule has 0 fully saturated rings. The van der Waals surface area contributed by atoms with Gasteiger partial charge in [-0.1, -0.05) is 30.3 Å². The summed E-state index contributed by atoms with van der Waals surface area (Å²) in [5, 5.41) is 5.63. The number of anilines is 2. The number of rotatable bonds is 16. The lowest BCUT2D eigenvalue weighted by Crippen LogP contribution is -2.27. The fourth-order valence-electron chi connectivity index (χ4n) is 4.20. The lowest BCUT2D eigenvalue weighted by Gasteiger charge is -2.21. The lowest BCUT2D eigenvalue weighted by atomic mass is 10.1. The summed E-state index contributed by atoms with van der Waals surface area (Å²) in [5.41, 5.74) is 8.34. The van der Waals surface area contributed by atoms with Crippen LogP contribution in [-0.4, -0.2) is 58.2 Å². The van der Waals surface area contributed by atoms with Gasteiger partial charge in [0.05, 0.1) is 31.6 Å². The van der Waals surface area contributed by atoms with Gasteiger partial charge in [0.25, 0.3) is 11.8 Å². The van der Waals surface area contributed by atoms with E-state index in [9.17, 15) is 14.4 Å². The summed E-state index contributed by atoms with van der Waals surface area (Å²) in [6.45, 7) is 3.91. The number of unbranched alkanes of at least 4 members (excludes halogenated alkanes) is 1. The summed E-state index contributed by atoms with van der Waals surface area (Å²) in [5.74, 6) is 0.160. The van der Waals surface area contributed by atoms with Crippen LogP contribution in [0.1, 0.15) is 52.5 Å². The van der Waals surface area contributed by atoms with Gasteiger partial charge in [0.1, 0.15) is 11.5 Å². The third-order valence-corrected chi connectivity index (χ3v) is 6.44. The zero-order chi connectivity index (χ0) is 30.3. The van der Waals surface area contributed by atoms with Crippen LogP contribution in [0, 0.1) is 0 Å². The van der Waals surface area contributed by atoms with Gasteiger partial charge in [-0.25, -0.2) is 0 Å². The largest absolute Gasteiger partial charge is 0.495 e. The number of halogens is 1. The first-order chi connectivity index (χ1) is 20.3. The number of nitrogens with one attached hydrogen (secondary N) is 2. The molecule has 0 saturated heterocycles. The number of ether oxygens (including phenoxy) is 3.